The maximum atomic E-state index is 11.9. The number of hydrogen-bond donors (Lipinski definition) is 1. The largest absolute Gasteiger partial charge is 0.483 e. The Hall–Kier alpha value is -2.29. The lowest BCUT2D eigenvalue weighted by Crippen LogP contribution is -2.30. The van der Waals surface area contributed by atoms with E-state index in [2.05, 4.69) is 38.2 Å². The first kappa shape index (κ1) is 17.1. The Bertz CT molecular complexity index is 650. The molecule has 0 saturated carbocycles. The highest BCUT2D eigenvalue weighted by molar-refractivity contribution is 5.77. The predicted octanol–water partition coefficient (Wildman–Crippen LogP) is 3.86. The van der Waals surface area contributed by atoms with Crippen molar-refractivity contribution in [1.29, 1.82) is 0 Å². The second-order valence-electron chi connectivity index (χ2n) is 6.01. The van der Waals surface area contributed by atoms with Crippen LogP contribution in [0.2, 0.25) is 0 Å². The molecule has 0 heterocycles. The molecule has 1 N–H and O–H groups in total. The third-order valence-electron chi connectivity index (χ3n) is 3.88. The Morgan fingerprint density at radius 3 is 2.52 bits per heavy atom. The third-order valence-corrected chi connectivity index (χ3v) is 3.88. The van der Waals surface area contributed by atoms with Crippen molar-refractivity contribution < 1.29 is 9.53 Å². The molecule has 0 aliphatic rings. The summed E-state index contributed by atoms with van der Waals surface area (Å²) in [5, 5.41) is 2.91. The summed E-state index contributed by atoms with van der Waals surface area (Å²) in [5.41, 5.74) is 3.64. The van der Waals surface area contributed by atoms with Crippen LogP contribution >= 0.6 is 0 Å². The van der Waals surface area contributed by atoms with Crippen molar-refractivity contribution in [3.8, 4) is 5.75 Å². The van der Waals surface area contributed by atoms with Gasteiger partial charge in [-0.05, 0) is 42.0 Å². The van der Waals surface area contributed by atoms with Gasteiger partial charge in [0.25, 0.3) is 5.91 Å². The highest BCUT2D eigenvalue weighted by Gasteiger charge is 2.09. The van der Waals surface area contributed by atoms with Crippen molar-refractivity contribution in [2.24, 2.45) is 0 Å². The van der Waals surface area contributed by atoms with Crippen molar-refractivity contribution in [3.63, 3.8) is 0 Å². The fourth-order valence-electron chi connectivity index (χ4n) is 2.51. The fourth-order valence-corrected chi connectivity index (χ4v) is 2.51. The Morgan fingerprint density at radius 1 is 1.09 bits per heavy atom. The number of benzene rings is 2. The highest BCUT2D eigenvalue weighted by atomic mass is 16.5. The standard InChI is InChI=1S/C20H25NO2/c1-15(2)18-10-6-7-11-19(18)23-14-20(22)21-13-12-17-9-5-4-8-16(17)3/h4-11,15H,12-14H2,1-3H3,(H,21,22). The van der Waals surface area contributed by atoms with Gasteiger partial charge < -0.3 is 10.1 Å². The Balaban J connectivity index is 1.79. The van der Waals surface area contributed by atoms with Crippen molar-refractivity contribution >= 4 is 5.91 Å². The van der Waals surface area contributed by atoms with Crippen molar-refractivity contribution in [2.75, 3.05) is 13.2 Å². The summed E-state index contributed by atoms with van der Waals surface area (Å²) in [6.45, 7) is 6.99. The Labute approximate surface area is 138 Å². The summed E-state index contributed by atoms with van der Waals surface area (Å²) in [6.07, 6.45) is 0.834. The zero-order chi connectivity index (χ0) is 16.7. The van der Waals surface area contributed by atoms with Crippen LogP contribution in [0.15, 0.2) is 48.5 Å². The molecule has 0 aliphatic heterocycles. The summed E-state index contributed by atoms with van der Waals surface area (Å²) in [4.78, 5) is 11.9. The molecule has 3 nitrogen and oxygen atoms in total. The molecule has 0 radical (unpaired) electrons. The van der Waals surface area contributed by atoms with Crippen LogP contribution in [0.4, 0.5) is 0 Å². The van der Waals surface area contributed by atoms with Gasteiger partial charge in [-0.3, -0.25) is 4.79 Å². The average molecular weight is 311 g/mol. The smallest absolute Gasteiger partial charge is 0.257 e. The van der Waals surface area contributed by atoms with Gasteiger partial charge in [-0.1, -0.05) is 56.3 Å². The molecule has 0 bridgehead atoms. The molecule has 3 heteroatoms. The zero-order valence-corrected chi connectivity index (χ0v) is 14.1. The minimum absolute atomic E-state index is 0.0531. The normalized spacial score (nSPS) is 10.6. The van der Waals surface area contributed by atoms with E-state index in [-0.39, 0.29) is 12.5 Å². The lowest BCUT2D eigenvalue weighted by Gasteiger charge is -2.13. The van der Waals surface area contributed by atoms with Gasteiger partial charge >= 0.3 is 0 Å². The van der Waals surface area contributed by atoms with Crippen LogP contribution in [0, 0.1) is 6.92 Å². The Morgan fingerprint density at radius 2 is 1.78 bits per heavy atom. The van der Waals surface area contributed by atoms with Crippen molar-refractivity contribution in [2.45, 2.75) is 33.1 Å². The molecule has 0 aromatic heterocycles. The summed E-state index contributed by atoms with van der Waals surface area (Å²) in [6, 6.07) is 16.1. The lowest BCUT2D eigenvalue weighted by molar-refractivity contribution is -0.123. The molecule has 2 rings (SSSR count). The highest BCUT2D eigenvalue weighted by Crippen LogP contribution is 2.25. The second kappa shape index (κ2) is 8.37. The lowest BCUT2D eigenvalue weighted by atomic mass is 10.0. The molecule has 1 amide bonds. The van der Waals surface area contributed by atoms with Crippen LogP contribution in [0.3, 0.4) is 0 Å². The van der Waals surface area contributed by atoms with Gasteiger partial charge in [-0.15, -0.1) is 0 Å². The van der Waals surface area contributed by atoms with Gasteiger partial charge in [0.05, 0.1) is 0 Å². The minimum Gasteiger partial charge on any atom is -0.483 e. The van der Waals surface area contributed by atoms with E-state index in [1.807, 2.05) is 36.4 Å². The van der Waals surface area contributed by atoms with Crippen LogP contribution in [0.5, 0.6) is 5.75 Å². The topological polar surface area (TPSA) is 38.3 Å². The summed E-state index contributed by atoms with van der Waals surface area (Å²) in [5.74, 6) is 1.07. The van der Waals surface area contributed by atoms with Crippen molar-refractivity contribution in [3.05, 3.63) is 65.2 Å². The first-order valence-corrected chi connectivity index (χ1v) is 8.11. The maximum Gasteiger partial charge on any atom is 0.257 e. The average Bonchev–Trinajstić information content (AvgIpc) is 2.55. The Kier molecular flexibility index (Phi) is 6.21. The van der Waals surface area contributed by atoms with E-state index in [1.54, 1.807) is 0 Å². The number of carbonyl (C=O) groups is 1. The van der Waals surface area contributed by atoms with E-state index in [0.717, 1.165) is 17.7 Å². The molecule has 0 atom stereocenters. The number of ether oxygens (including phenoxy) is 1. The molecular formula is C20H25NO2. The van der Waals surface area contributed by atoms with E-state index in [9.17, 15) is 4.79 Å². The van der Waals surface area contributed by atoms with E-state index in [0.29, 0.717) is 12.5 Å². The second-order valence-corrected chi connectivity index (χ2v) is 6.01. The van der Waals surface area contributed by atoms with Crippen molar-refractivity contribution in [1.82, 2.24) is 5.32 Å². The van der Waals surface area contributed by atoms with Crippen LogP contribution < -0.4 is 10.1 Å². The summed E-state index contributed by atoms with van der Waals surface area (Å²) in [7, 11) is 0. The fraction of sp³-hybridized carbons (Fsp3) is 0.350. The first-order valence-electron chi connectivity index (χ1n) is 8.11. The molecule has 2 aromatic carbocycles. The molecule has 0 unspecified atom stereocenters. The number of aryl methyl sites for hydroxylation is 1. The summed E-state index contributed by atoms with van der Waals surface area (Å²) < 4.78 is 5.67. The van der Waals surface area contributed by atoms with Crippen LogP contribution in [-0.4, -0.2) is 19.1 Å². The van der Waals surface area contributed by atoms with E-state index >= 15 is 0 Å². The van der Waals surface area contributed by atoms with Gasteiger partial charge in [0, 0.05) is 6.54 Å². The molecule has 0 aliphatic carbocycles. The number of carbonyl (C=O) groups excluding carboxylic acids is 1. The van der Waals surface area contributed by atoms with Gasteiger partial charge in [-0.25, -0.2) is 0 Å². The monoisotopic (exact) mass is 311 g/mol. The molecule has 23 heavy (non-hydrogen) atoms. The SMILES string of the molecule is Cc1ccccc1CCNC(=O)COc1ccccc1C(C)C. The molecule has 0 spiro atoms. The minimum atomic E-state index is -0.0860. The number of hydrogen-bond acceptors (Lipinski definition) is 2. The van der Waals surface area contributed by atoms with E-state index in [4.69, 9.17) is 4.74 Å². The van der Waals surface area contributed by atoms with Crippen LogP contribution in [-0.2, 0) is 11.2 Å². The number of rotatable bonds is 7. The van der Waals surface area contributed by atoms with Gasteiger partial charge in [0.15, 0.2) is 6.61 Å². The van der Waals surface area contributed by atoms with Crippen LogP contribution in [0.25, 0.3) is 0 Å². The molecule has 2 aromatic rings. The molecular weight excluding hydrogens is 286 g/mol. The molecule has 0 fully saturated rings. The summed E-state index contributed by atoms with van der Waals surface area (Å²) >= 11 is 0. The third kappa shape index (κ3) is 5.13. The quantitative estimate of drug-likeness (QED) is 0.843. The van der Waals surface area contributed by atoms with Gasteiger partial charge in [-0.2, -0.15) is 0 Å². The first-order chi connectivity index (χ1) is 11.1. The zero-order valence-electron chi connectivity index (χ0n) is 14.1. The predicted molar refractivity (Wildman–Crippen MR) is 93.9 cm³/mol. The van der Waals surface area contributed by atoms with E-state index < -0.39 is 0 Å². The molecule has 0 saturated heterocycles. The van der Waals surface area contributed by atoms with E-state index in [1.165, 1.54) is 11.1 Å². The number of para-hydroxylation sites is 1. The molecule has 122 valence electrons. The number of nitrogens with one attached hydrogen (secondary N) is 1. The van der Waals surface area contributed by atoms with Crippen LogP contribution in [0.1, 0.15) is 36.5 Å². The van der Waals surface area contributed by atoms with Gasteiger partial charge in [0.2, 0.25) is 0 Å². The van der Waals surface area contributed by atoms with Gasteiger partial charge in [0.1, 0.15) is 5.75 Å². The number of amides is 1. The maximum absolute atomic E-state index is 11.9.